The lowest BCUT2D eigenvalue weighted by molar-refractivity contribution is -0.145. The van der Waals surface area contributed by atoms with Crippen LogP contribution in [0.3, 0.4) is 0 Å². The van der Waals surface area contributed by atoms with Gasteiger partial charge in [0.2, 0.25) is 5.91 Å². The number of aryl methyl sites for hydroxylation is 2. The van der Waals surface area contributed by atoms with Gasteiger partial charge < -0.3 is 10.1 Å². The molecule has 0 fully saturated rings. The summed E-state index contributed by atoms with van der Waals surface area (Å²) in [5.41, 5.74) is 2.33. The summed E-state index contributed by atoms with van der Waals surface area (Å²) in [6.45, 7) is 0. The number of esters is 1. The molecule has 0 saturated carbocycles. The van der Waals surface area contributed by atoms with Crippen molar-refractivity contribution in [3.8, 4) is 0 Å². The van der Waals surface area contributed by atoms with E-state index < -0.39 is 6.04 Å². The molecule has 0 spiro atoms. The van der Waals surface area contributed by atoms with Gasteiger partial charge in [0.25, 0.3) is 0 Å². The van der Waals surface area contributed by atoms with Gasteiger partial charge in [0, 0.05) is 6.42 Å². The van der Waals surface area contributed by atoms with Crippen molar-refractivity contribution < 1.29 is 14.3 Å². The van der Waals surface area contributed by atoms with Crippen molar-refractivity contribution in [1.29, 1.82) is 0 Å². The molecule has 2 aromatic carbocycles. The number of amides is 1. The van der Waals surface area contributed by atoms with E-state index in [0.717, 1.165) is 18.4 Å². The summed E-state index contributed by atoms with van der Waals surface area (Å²) in [5.74, 6) is -0.514. The number of rotatable bonds is 9. The van der Waals surface area contributed by atoms with E-state index in [-0.39, 0.29) is 11.9 Å². The van der Waals surface area contributed by atoms with E-state index in [9.17, 15) is 9.59 Å². The van der Waals surface area contributed by atoms with Crippen molar-refractivity contribution >= 4 is 11.9 Å². The second kappa shape index (κ2) is 10.3. The Bertz CT molecular complexity index is 655. The molecule has 0 aliphatic rings. The van der Waals surface area contributed by atoms with Crippen molar-refractivity contribution in [2.24, 2.45) is 0 Å². The Hall–Kier alpha value is -2.62. The molecule has 2 rings (SSSR count). The van der Waals surface area contributed by atoms with E-state index in [0.29, 0.717) is 19.3 Å². The van der Waals surface area contributed by atoms with Crippen LogP contribution in [0.15, 0.2) is 60.7 Å². The summed E-state index contributed by atoms with van der Waals surface area (Å²) in [4.78, 5) is 24.1. The molecule has 0 radical (unpaired) electrons. The molecular weight excluding hydrogens is 314 g/mol. The maximum absolute atomic E-state index is 12.2. The van der Waals surface area contributed by atoms with E-state index in [1.165, 1.54) is 12.7 Å². The number of hydrogen-bond donors (Lipinski definition) is 1. The van der Waals surface area contributed by atoms with Gasteiger partial charge in [-0.3, -0.25) is 4.79 Å². The predicted molar refractivity (Wildman–Crippen MR) is 98.1 cm³/mol. The molecule has 0 bridgehead atoms. The standard InChI is InChI=1S/C21H25NO3/c1-25-21(24)19(14-8-13-17-9-4-2-5-10-17)22-20(23)16-15-18-11-6-3-7-12-18/h2-7,9-12,19H,8,13-16H2,1H3,(H,22,23)/t19-/m1/s1. The molecular formula is C21H25NO3. The first kappa shape index (κ1) is 18.7. The van der Waals surface area contributed by atoms with Crippen molar-refractivity contribution in [3.63, 3.8) is 0 Å². The summed E-state index contributed by atoms with van der Waals surface area (Å²) in [7, 11) is 1.35. The van der Waals surface area contributed by atoms with Crippen molar-refractivity contribution in [2.45, 2.75) is 38.1 Å². The number of carbonyl (C=O) groups is 2. The minimum absolute atomic E-state index is 0.126. The number of benzene rings is 2. The van der Waals surface area contributed by atoms with Crippen LogP contribution >= 0.6 is 0 Å². The smallest absolute Gasteiger partial charge is 0.328 e. The number of carbonyl (C=O) groups excluding carboxylic acids is 2. The van der Waals surface area contributed by atoms with Crippen LogP contribution < -0.4 is 5.32 Å². The fraction of sp³-hybridized carbons (Fsp3) is 0.333. The maximum atomic E-state index is 12.2. The largest absolute Gasteiger partial charge is 0.467 e. The van der Waals surface area contributed by atoms with E-state index in [1.807, 2.05) is 48.5 Å². The third-order valence-corrected chi connectivity index (χ3v) is 4.11. The molecule has 0 heterocycles. The first-order chi connectivity index (χ1) is 12.2. The zero-order valence-corrected chi connectivity index (χ0v) is 14.6. The Balaban J connectivity index is 1.80. The van der Waals surface area contributed by atoms with Crippen LogP contribution in [0.5, 0.6) is 0 Å². The van der Waals surface area contributed by atoms with Gasteiger partial charge in [0.15, 0.2) is 0 Å². The summed E-state index contributed by atoms with van der Waals surface area (Å²) in [6, 6.07) is 19.3. The van der Waals surface area contributed by atoms with Crippen molar-refractivity contribution in [3.05, 3.63) is 71.8 Å². The average Bonchev–Trinajstić information content (AvgIpc) is 2.66. The highest BCUT2D eigenvalue weighted by atomic mass is 16.5. The van der Waals surface area contributed by atoms with E-state index in [2.05, 4.69) is 17.4 Å². The first-order valence-electron chi connectivity index (χ1n) is 8.64. The summed E-state index contributed by atoms with van der Waals surface area (Å²) < 4.78 is 4.83. The van der Waals surface area contributed by atoms with Crippen LogP contribution in [0.2, 0.25) is 0 Å². The lowest BCUT2D eigenvalue weighted by Gasteiger charge is -2.16. The molecule has 4 heteroatoms. The van der Waals surface area contributed by atoms with Gasteiger partial charge in [0.05, 0.1) is 7.11 Å². The van der Waals surface area contributed by atoms with Crippen LogP contribution in [0.1, 0.15) is 30.4 Å². The highest BCUT2D eigenvalue weighted by molar-refractivity contribution is 5.84. The fourth-order valence-corrected chi connectivity index (χ4v) is 2.72. The van der Waals surface area contributed by atoms with Crippen molar-refractivity contribution in [1.82, 2.24) is 5.32 Å². The monoisotopic (exact) mass is 339 g/mol. The molecule has 0 saturated heterocycles. The third kappa shape index (κ3) is 6.79. The van der Waals surface area contributed by atoms with Gasteiger partial charge >= 0.3 is 5.97 Å². The fourth-order valence-electron chi connectivity index (χ4n) is 2.72. The van der Waals surface area contributed by atoms with E-state index >= 15 is 0 Å². The SMILES string of the molecule is COC(=O)[C@@H](CCCc1ccccc1)NC(=O)CCc1ccccc1. The van der Waals surface area contributed by atoms with Crippen molar-refractivity contribution in [2.75, 3.05) is 7.11 Å². The molecule has 1 N–H and O–H groups in total. The van der Waals surface area contributed by atoms with Crippen LogP contribution in [0.4, 0.5) is 0 Å². The topological polar surface area (TPSA) is 55.4 Å². The lowest BCUT2D eigenvalue weighted by atomic mass is 10.0. The van der Waals surface area contributed by atoms with Crippen LogP contribution in [0, 0.1) is 0 Å². The van der Waals surface area contributed by atoms with Gasteiger partial charge in [-0.25, -0.2) is 4.79 Å². The van der Waals surface area contributed by atoms with E-state index in [4.69, 9.17) is 4.74 Å². The molecule has 0 unspecified atom stereocenters. The zero-order valence-electron chi connectivity index (χ0n) is 14.6. The third-order valence-electron chi connectivity index (χ3n) is 4.11. The van der Waals surface area contributed by atoms with Gasteiger partial charge in [-0.2, -0.15) is 0 Å². The molecule has 1 atom stereocenters. The Labute approximate surface area is 149 Å². The number of methoxy groups -OCH3 is 1. The summed E-state index contributed by atoms with van der Waals surface area (Å²) in [5, 5.41) is 2.81. The molecule has 25 heavy (non-hydrogen) atoms. The molecule has 0 aliphatic heterocycles. The highest BCUT2D eigenvalue weighted by Gasteiger charge is 2.20. The molecule has 132 valence electrons. The van der Waals surface area contributed by atoms with Crippen LogP contribution in [-0.4, -0.2) is 25.0 Å². The molecule has 0 aliphatic carbocycles. The van der Waals surface area contributed by atoms with Crippen LogP contribution in [0.25, 0.3) is 0 Å². The number of nitrogens with one attached hydrogen (secondary N) is 1. The Kier molecular flexibility index (Phi) is 7.70. The van der Waals surface area contributed by atoms with Gasteiger partial charge in [0.1, 0.15) is 6.04 Å². The minimum Gasteiger partial charge on any atom is -0.467 e. The van der Waals surface area contributed by atoms with E-state index in [1.54, 1.807) is 0 Å². The molecule has 2 aromatic rings. The first-order valence-corrected chi connectivity index (χ1v) is 8.64. The predicted octanol–water partition coefficient (Wildman–Crippen LogP) is 3.30. The average molecular weight is 339 g/mol. The highest BCUT2D eigenvalue weighted by Crippen LogP contribution is 2.08. The normalized spacial score (nSPS) is 11.6. The van der Waals surface area contributed by atoms with Gasteiger partial charge in [-0.15, -0.1) is 0 Å². The Morgan fingerprint density at radius 2 is 1.48 bits per heavy atom. The van der Waals surface area contributed by atoms with Gasteiger partial charge in [-0.1, -0.05) is 60.7 Å². The second-order valence-corrected chi connectivity index (χ2v) is 6.01. The zero-order chi connectivity index (χ0) is 17.9. The quantitative estimate of drug-likeness (QED) is 0.713. The van der Waals surface area contributed by atoms with Crippen LogP contribution in [-0.2, 0) is 27.2 Å². The molecule has 4 nitrogen and oxygen atoms in total. The molecule has 1 amide bonds. The Morgan fingerprint density at radius 1 is 0.920 bits per heavy atom. The summed E-state index contributed by atoms with van der Waals surface area (Å²) >= 11 is 0. The minimum atomic E-state index is -0.586. The Morgan fingerprint density at radius 3 is 2.04 bits per heavy atom. The van der Waals surface area contributed by atoms with Gasteiger partial charge in [-0.05, 0) is 36.8 Å². The maximum Gasteiger partial charge on any atom is 0.328 e. The second-order valence-electron chi connectivity index (χ2n) is 6.01. The number of ether oxygens (including phenoxy) is 1. The number of hydrogen-bond acceptors (Lipinski definition) is 3. The lowest BCUT2D eigenvalue weighted by Crippen LogP contribution is -2.41. The molecule has 0 aromatic heterocycles. The summed E-state index contributed by atoms with van der Waals surface area (Å²) in [6.07, 6.45) is 3.26.